The van der Waals surface area contributed by atoms with E-state index in [9.17, 15) is 27.9 Å². The number of carboxylic acid groups (broad SMARTS) is 1. The molecule has 0 fully saturated rings. The molecule has 0 saturated carbocycles. The second-order valence-corrected chi connectivity index (χ2v) is 10.9. The Kier molecular flexibility index (Phi) is 7.66. The molecule has 4 aromatic rings. The van der Waals surface area contributed by atoms with Crippen molar-refractivity contribution in [2.24, 2.45) is 0 Å². The number of fused-ring (bicyclic) bond motifs is 2. The lowest BCUT2D eigenvalue weighted by Gasteiger charge is -2.26. The summed E-state index contributed by atoms with van der Waals surface area (Å²) in [7, 11) is 1.22. The highest BCUT2D eigenvalue weighted by Crippen LogP contribution is 2.45. The van der Waals surface area contributed by atoms with E-state index < -0.39 is 29.8 Å². The Hall–Kier alpha value is -4.64. The molecule has 8 nitrogen and oxygen atoms in total. The van der Waals surface area contributed by atoms with Gasteiger partial charge in [-0.3, -0.25) is 9.78 Å². The summed E-state index contributed by atoms with van der Waals surface area (Å²) in [4.78, 5) is 32.8. The van der Waals surface area contributed by atoms with Gasteiger partial charge in [-0.05, 0) is 47.2 Å². The van der Waals surface area contributed by atoms with Crippen molar-refractivity contribution in [3.05, 3.63) is 93.1 Å². The van der Waals surface area contributed by atoms with Crippen LogP contribution in [-0.4, -0.2) is 46.0 Å². The fourth-order valence-corrected chi connectivity index (χ4v) is 6.15. The van der Waals surface area contributed by atoms with Gasteiger partial charge in [0.1, 0.15) is 11.7 Å². The molecule has 2 aromatic carbocycles. The van der Waals surface area contributed by atoms with Gasteiger partial charge in [0.05, 0.1) is 29.9 Å². The lowest BCUT2D eigenvalue weighted by molar-refractivity contribution is -0.139. The zero-order chi connectivity index (χ0) is 31.2. The zero-order valence-electron chi connectivity index (χ0n) is 23.3. The molecule has 0 unspecified atom stereocenters. The highest BCUT2D eigenvalue weighted by atomic mass is 35.5. The van der Waals surface area contributed by atoms with E-state index in [4.69, 9.17) is 26.1 Å². The Morgan fingerprint density at radius 3 is 2.52 bits per heavy atom. The maximum atomic E-state index is 13.9. The number of carbonyl (C=O) groups excluding carboxylic acids is 1. The molecule has 0 bridgehead atoms. The Morgan fingerprint density at radius 2 is 1.80 bits per heavy atom. The second kappa shape index (κ2) is 11.5. The summed E-state index contributed by atoms with van der Waals surface area (Å²) in [5, 5.41) is 9.80. The number of aldehydes is 1. The minimum Gasteiger partial charge on any atom is -0.480 e. The summed E-state index contributed by atoms with van der Waals surface area (Å²) in [6.45, 7) is 0.638. The highest BCUT2D eigenvalue weighted by Gasteiger charge is 2.38. The highest BCUT2D eigenvalue weighted by molar-refractivity contribution is 6.36. The second-order valence-electron chi connectivity index (χ2n) is 10.5. The number of alkyl halides is 3. The van der Waals surface area contributed by atoms with Crippen molar-refractivity contribution in [3.8, 4) is 34.1 Å². The van der Waals surface area contributed by atoms with Gasteiger partial charge in [0.25, 0.3) is 0 Å². The van der Waals surface area contributed by atoms with Crippen LogP contribution in [-0.2, 0) is 25.6 Å². The first kappa shape index (κ1) is 29.4. The van der Waals surface area contributed by atoms with E-state index in [1.54, 1.807) is 6.07 Å². The number of carbonyl (C=O) groups is 2. The molecular weight excluding hydrogens is 599 g/mol. The average molecular weight is 624 g/mol. The van der Waals surface area contributed by atoms with Crippen molar-refractivity contribution in [1.82, 2.24) is 14.9 Å². The molecule has 0 saturated heterocycles. The number of amides is 1. The normalized spacial score (nSPS) is 15.8. The number of rotatable bonds is 6. The number of pyridine rings is 2. The van der Waals surface area contributed by atoms with Crippen molar-refractivity contribution in [1.29, 1.82) is 0 Å². The van der Waals surface area contributed by atoms with Gasteiger partial charge in [-0.15, -0.1) is 0 Å². The van der Waals surface area contributed by atoms with Crippen molar-refractivity contribution in [2.75, 3.05) is 13.7 Å². The molecule has 0 radical (unpaired) electrons. The molecule has 0 spiro atoms. The number of benzene rings is 2. The summed E-state index contributed by atoms with van der Waals surface area (Å²) in [5.74, 6) is -0.915. The molecular formula is C32H25ClF3N3O5. The number of hydrogen-bond acceptors (Lipinski definition) is 6. The van der Waals surface area contributed by atoms with Crippen LogP contribution < -0.4 is 9.47 Å². The van der Waals surface area contributed by atoms with E-state index >= 15 is 0 Å². The fourth-order valence-electron chi connectivity index (χ4n) is 5.83. The van der Waals surface area contributed by atoms with Crippen molar-refractivity contribution in [2.45, 2.75) is 38.1 Å². The van der Waals surface area contributed by atoms with Gasteiger partial charge in [0, 0.05) is 29.8 Å². The average Bonchev–Trinajstić information content (AvgIpc) is 3.42. The zero-order valence-corrected chi connectivity index (χ0v) is 24.1. The van der Waals surface area contributed by atoms with Gasteiger partial charge in [0.2, 0.25) is 11.8 Å². The summed E-state index contributed by atoms with van der Waals surface area (Å²) >= 11 is 6.99. The molecule has 12 heteroatoms. The molecule has 1 aliphatic heterocycles. The van der Waals surface area contributed by atoms with Gasteiger partial charge in [-0.1, -0.05) is 54.1 Å². The maximum absolute atomic E-state index is 13.9. The SMILES string of the molecule is COc1nc(O[C@H]2CCc3c(-c4cccc(-c5ccc6c(n5)CCN(C(=O)O)C6)c4Cl)cccc32)c(C(F)(F)F)cc1C=O. The lowest BCUT2D eigenvalue weighted by Crippen LogP contribution is -2.35. The molecule has 2 aromatic heterocycles. The van der Waals surface area contributed by atoms with Crippen molar-refractivity contribution >= 4 is 24.0 Å². The van der Waals surface area contributed by atoms with Crippen LogP contribution in [0.5, 0.6) is 11.8 Å². The molecule has 6 rings (SSSR count). The third-order valence-electron chi connectivity index (χ3n) is 7.96. The summed E-state index contributed by atoms with van der Waals surface area (Å²) in [6, 6.07) is 15.5. The third kappa shape index (κ3) is 5.32. The molecule has 1 amide bonds. The standard InChI is InChI=1S/C32H25ClF3N3O5/c1-43-29-18(16-40)14-24(32(34,35)36)30(38-29)44-27-11-9-20-19(4-2-5-21(20)27)22-6-3-7-23(28(22)33)26-10-8-17-15-39(31(41)42)13-12-25(17)37-26/h2-8,10,14,16,27H,9,11-13,15H2,1H3,(H,41,42)/t27-/m0/s1. The van der Waals surface area contributed by atoms with Gasteiger partial charge in [-0.2, -0.15) is 18.2 Å². The Labute approximate surface area is 255 Å². The Balaban J connectivity index is 1.34. The van der Waals surface area contributed by atoms with Crippen LogP contribution in [0.3, 0.4) is 0 Å². The minimum absolute atomic E-state index is 0.256. The van der Waals surface area contributed by atoms with Crippen LogP contribution in [0.25, 0.3) is 22.4 Å². The van der Waals surface area contributed by atoms with E-state index in [1.807, 2.05) is 42.5 Å². The molecule has 1 N–H and O–H groups in total. The number of aromatic nitrogens is 2. The summed E-state index contributed by atoms with van der Waals surface area (Å²) in [5.41, 5.74) is 4.73. The summed E-state index contributed by atoms with van der Waals surface area (Å²) < 4.78 is 52.6. The minimum atomic E-state index is -4.80. The van der Waals surface area contributed by atoms with Crippen LogP contribution in [0.15, 0.2) is 54.6 Å². The molecule has 3 heterocycles. The van der Waals surface area contributed by atoms with Crippen LogP contribution in [0.1, 0.15) is 50.8 Å². The van der Waals surface area contributed by atoms with E-state index in [0.717, 1.165) is 27.9 Å². The smallest absolute Gasteiger partial charge is 0.421 e. The van der Waals surface area contributed by atoms with E-state index in [2.05, 4.69) is 4.98 Å². The van der Waals surface area contributed by atoms with Crippen molar-refractivity contribution < 1.29 is 37.3 Å². The topological polar surface area (TPSA) is 102 Å². The number of halogens is 4. The summed E-state index contributed by atoms with van der Waals surface area (Å²) in [6.07, 6.45) is -4.81. The van der Waals surface area contributed by atoms with Gasteiger partial charge in [0.15, 0.2) is 6.29 Å². The number of methoxy groups -OCH3 is 1. The van der Waals surface area contributed by atoms with Crippen LogP contribution in [0, 0.1) is 0 Å². The Bertz CT molecular complexity index is 1800. The first-order valence-corrected chi connectivity index (χ1v) is 14.1. The number of ether oxygens (including phenoxy) is 2. The van der Waals surface area contributed by atoms with E-state index in [1.165, 1.54) is 12.0 Å². The van der Waals surface area contributed by atoms with Crippen LogP contribution in [0.2, 0.25) is 5.02 Å². The first-order valence-electron chi connectivity index (χ1n) is 13.7. The first-order chi connectivity index (χ1) is 21.1. The monoisotopic (exact) mass is 623 g/mol. The molecule has 1 aliphatic carbocycles. The third-order valence-corrected chi connectivity index (χ3v) is 8.37. The molecule has 1 atom stereocenters. The molecule has 2 aliphatic rings. The van der Waals surface area contributed by atoms with Crippen LogP contribution >= 0.6 is 11.6 Å². The predicted molar refractivity (Wildman–Crippen MR) is 155 cm³/mol. The largest absolute Gasteiger partial charge is 0.480 e. The molecule has 44 heavy (non-hydrogen) atoms. The van der Waals surface area contributed by atoms with Gasteiger partial charge < -0.3 is 19.5 Å². The Morgan fingerprint density at radius 1 is 1.05 bits per heavy atom. The van der Waals surface area contributed by atoms with Gasteiger partial charge >= 0.3 is 12.3 Å². The van der Waals surface area contributed by atoms with Crippen molar-refractivity contribution in [3.63, 3.8) is 0 Å². The lowest BCUT2D eigenvalue weighted by atomic mass is 9.94. The van der Waals surface area contributed by atoms with E-state index in [0.29, 0.717) is 53.7 Å². The molecule has 226 valence electrons. The number of hydrogen-bond donors (Lipinski definition) is 1. The fraction of sp³-hybridized carbons (Fsp3) is 0.250. The quantitative estimate of drug-likeness (QED) is 0.223. The van der Waals surface area contributed by atoms with Crippen LogP contribution in [0.4, 0.5) is 18.0 Å². The maximum Gasteiger partial charge on any atom is 0.421 e. The number of nitrogens with zero attached hydrogens (tertiary/aromatic N) is 3. The van der Waals surface area contributed by atoms with Gasteiger partial charge in [-0.25, -0.2) is 4.79 Å². The predicted octanol–water partition coefficient (Wildman–Crippen LogP) is 7.41. The van der Waals surface area contributed by atoms with E-state index in [-0.39, 0.29) is 24.3 Å².